The van der Waals surface area contributed by atoms with Crippen LogP contribution in [-0.4, -0.2) is 129 Å². The fraction of sp³-hybridized carbons (Fsp3) is 0.242. The first-order chi connectivity index (χ1) is 46.0. The van der Waals surface area contributed by atoms with Crippen molar-refractivity contribution in [2.24, 2.45) is 21.1 Å². The molecule has 0 fully saturated rings. The number of fused-ring (bicyclic) bond motifs is 3. The van der Waals surface area contributed by atoms with E-state index in [1.54, 1.807) is 155 Å². The molecule has 0 aliphatic heterocycles. The van der Waals surface area contributed by atoms with Gasteiger partial charge in [0.1, 0.15) is 53.3 Å². The van der Waals surface area contributed by atoms with Crippen LogP contribution in [0.3, 0.4) is 0 Å². The van der Waals surface area contributed by atoms with Crippen LogP contribution in [0, 0.1) is 0 Å². The van der Waals surface area contributed by atoms with Crippen molar-refractivity contribution in [3.8, 4) is 33.8 Å². The zero-order valence-electron chi connectivity index (χ0n) is 53.9. The number of rotatable bonds is 12. The Labute approximate surface area is 548 Å². The number of ether oxygens (including phenoxy) is 2. The normalized spacial score (nSPS) is 11.6. The van der Waals surface area contributed by atoms with Crippen LogP contribution in [0.25, 0.3) is 66.9 Å². The first kappa shape index (κ1) is 68.0. The molecule has 0 spiro atoms. The molecule has 0 aliphatic rings. The number of benzene rings is 3. The van der Waals surface area contributed by atoms with Crippen molar-refractivity contribution in [3.63, 3.8) is 0 Å². The van der Waals surface area contributed by atoms with E-state index in [9.17, 15) is 50.3 Å². The van der Waals surface area contributed by atoms with Gasteiger partial charge in [0.2, 0.25) is 17.5 Å². The third-order valence-corrected chi connectivity index (χ3v) is 14.6. The zero-order valence-corrected chi connectivity index (χ0v) is 53.9. The van der Waals surface area contributed by atoms with E-state index in [0.29, 0.717) is 33.5 Å². The molecule has 25 nitrogen and oxygen atoms in total. The number of alkyl halides is 6. The molecule has 0 bridgehead atoms. The Balaban J connectivity index is 0.000000159. The highest BCUT2D eigenvalue weighted by molar-refractivity contribution is 6.05. The van der Waals surface area contributed by atoms with E-state index in [0.717, 1.165) is 14.5 Å². The second-order valence-electron chi connectivity index (χ2n) is 23.6. The minimum Gasteiger partial charge on any atom is -0.443 e. The summed E-state index contributed by atoms with van der Waals surface area (Å²) in [5.41, 5.74) is 0.311. The Morgan fingerprint density at radius 1 is 0.485 bits per heavy atom. The van der Waals surface area contributed by atoms with Crippen LogP contribution in [-0.2, 0) is 30.6 Å². The van der Waals surface area contributed by atoms with E-state index in [1.807, 2.05) is 0 Å². The summed E-state index contributed by atoms with van der Waals surface area (Å²) < 4.78 is 99.1. The molecule has 12 rings (SSSR count). The fourth-order valence-electron chi connectivity index (χ4n) is 10.0. The third-order valence-electron chi connectivity index (χ3n) is 14.6. The quantitative estimate of drug-likeness (QED) is 0.108. The minimum atomic E-state index is -2.75. The van der Waals surface area contributed by atoms with E-state index >= 15 is 0 Å². The lowest BCUT2D eigenvalue weighted by atomic mass is 10.0. The van der Waals surface area contributed by atoms with Crippen molar-refractivity contribution in [1.29, 1.82) is 0 Å². The van der Waals surface area contributed by atoms with Crippen LogP contribution in [0.1, 0.15) is 109 Å². The summed E-state index contributed by atoms with van der Waals surface area (Å²) >= 11 is 0. The summed E-state index contributed by atoms with van der Waals surface area (Å²) in [6, 6.07) is 33.0. The SMILES string of the molecule is CN(C(=O)c1ncnn1C)c1ccc2cc(-c3ccccc3C(F)F)[nH]c2n1.CN(C(=O)c1ncnn1C)c1ccc2cc(-c3ccccc3C(F)F)n(C(=O)OC(C)(C)C)c2n1.Cn1ncnc1C(=O)Nc1ccc2cc(-c3ccccc3C(F)F)n(C(=O)OC(C)(C)C)c2n1. The molecule has 31 heteroatoms. The number of anilines is 3. The first-order valence-corrected chi connectivity index (χ1v) is 29.5. The number of aryl methyl sites for hydroxylation is 3. The molecule has 500 valence electrons. The molecule has 2 N–H and O–H groups in total. The van der Waals surface area contributed by atoms with Gasteiger partial charge in [0.25, 0.3) is 37.0 Å². The molecule has 0 unspecified atom stereocenters. The zero-order chi connectivity index (χ0) is 69.9. The number of nitrogens with zero attached hydrogens (tertiary/aromatic N) is 16. The summed E-state index contributed by atoms with van der Waals surface area (Å²) in [6.45, 7) is 10.2. The molecule has 0 atom stereocenters. The molecule has 9 heterocycles. The lowest BCUT2D eigenvalue weighted by Gasteiger charge is -2.21. The predicted octanol–water partition coefficient (Wildman–Crippen LogP) is 13.2. The minimum absolute atomic E-state index is 0.0520. The average molecular weight is 1330 g/mol. The van der Waals surface area contributed by atoms with Gasteiger partial charge in [-0.1, -0.05) is 72.8 Å². The second-order valence-corrected chi connectivity index (χ2v) is 23.6. The van der Waals surface area contributed by atoms with Crippen molar-refractivity contribution in [3.05, 3.63) is 181 Å². The lowest BCUT2D eigenvalue weighted by Crippen LogP contribution is -2.30. The maximum absolute atomic E-state index is 13.8. The monoisotopic (exact) mass is 1330 g/mol. The molecular formula is C66H62F6N18O7. The summed E-state index contributed by atoms with van der Waals surface area (Å²) in [5.74, 6) is -0.264. The van der Waals surface area contributed by atoms with Gasteiger partial charge in [-0.2, -0.15) is 15.3 Å². The Morgan fingerprint density at radius 3 is 1.31 bits per heavy atom. The van der Waals surface area contributed by atoms with Gasteiger partial charge < -0.3 is 19.8 Å². The summed E-state index contributed by atoms with van der Waals surface area (Å²) in [5, 5.41) is 16.0. The number of halogens is 6. The molecule has 0 saturated heterocycles. The molecule has 0 saturated carbocycles. The number of carbonyl (C=O) groups excluding carboxylic acids is 5. The van der Waals surface area contributed by atoms with Crippen LogP contribution in [0.5, 0.6) is 0 Å². The van der Waals surface area contributed by atoms with Gasteiger partial charge in [0.15, 0.2) is 11.3 Å². The third kappa shape index (κ3) is 14.7. The van der Waals surface area contributed by atoms with Gasteiger partial charge in [-0.25, -0.2) is 89.0 Å². The van der Waals surface area contributed by atoms with Gasteiger partial charge in [-0.05, 0) is 96.1 Å². The highest BCUT2D eigenvalue weighted by Crippen LogP contribution is 2.38. The number of hydrogen-bond acceptors (Lipinski definition) is 16. The number of H-pyrrole nitrogens is 1. The van der Waals surface area contributed by atoms with E-state index in [4.69, 9.17) is 9.47 Å². The first-order valence-electron chi connectivity index (χ1n) is 29.5. The molecule has 0 radical (unpaired) electrons. The summed E-state index contributed by atoms with van der Waals surface area (Å²) in [7, 11) is 7.88. The van der Waals surface area contributed by atoms with Gasteiger partial charge in [-0.15, -0.1) is 0 Å². The Kier molecular flexibility index (Phi) is 19.3. The highest BCUT2D eigenvalue weighted by Gasteiger charge is 2.30. The van der Waals surface area contributed by atoms with Crippen LogP contribution in [0.15, 0.2) is 146 Å². The van der Waals surface area contributed by atoms with E-state index in [2.05, 4.69) is 55.5 Å². The number of nitrogens with one attached hydrogen (secondary N) is 2. The van der Waals surface area contributed by atoms with E-state index in [1.165, 1.54) is 92.3 Å². The smallest absolute Gasteiger partial charge is 0.420 e. The number of pyridine rings is 3. The largest absolute Gasteiger partial charge is 0.443 e. The molecule has 97 heavy (non-hydrogen) atoms. The lowest BCUT2D eigenvalue weighted by molar-refractivity contribution is 0.0534. The maximum atomic E-state index is 13.8. The van der Waals surface area contributed by atoms with Gasteiger partial charge >= 0.3 is 12.2 Å². The van der Waals surface area contributed by atoms with Crippen molar-refractivity contribution in [2.45, 2.75) is 72.0 Å². The maximum Gasteiger partial charge on any atom is 0.420 e. The van der Waals surface area contributed by atoms with Crippen LogP contribution >= 0.6 is 0 Å². The second kappa shape index (κ2) is 27.6. The van der Waals surface area contributed by atoms with Gasteiger partial charge in [-0.3, -0.25) is 24.2 Å². The number of hydrogen-bond donors (Lipinski definition) is 2. The average Bonchev–Trinajstić information content (AvgIpc) is 1.63. The van der Waals surface area contributed by atoms with Gasteiger partial charge in [0.05, 0.1) is 11.4 Å². The summed E-state index contributed by atoms with van der Waals surface area (Å²) in [4.78, 5) is 95.4. The molecular weight excluding hydrogens is 1270 g/mol. The Hall–Kier alpha value is -11.9. The number of carbonyl (C=O) groups is 5. The van der Waals surface area contributed by atoms with Crippen molar-refractivity contribution in [2.75, 3.05) is 29.2 Å². The van der Waals surface area contributed by atoms with Crippen LogP contribution in [0.2, 0.25) is 0 Å². The van der Waals surface area contributed by atoms with Gasteiger partial charge in [0, 0.05) is 90.5 Å². The molecule has 0 aliphatic carbocycles. The molecule has 9 aromatic heterocycles. The number of aromatic nitrogens is 15. The van der Waals surface area contributed by atoms with Crippen LogP contribution in [0.4, 0.5) is 53.4 Å². The van der Waals surface area contributed by atoms with Crippen molar-refractivity contribution in [1.82, 2.24) is 73.4 Å². The topological polar surface area (TPSA) is 279 Å². The Bertz CT molecular complexity index is 4940. The number of amides is 3. The Morgan fingerprint density at radius 2 is 0.876 bits per heavy atom. The molecule has 12 aromatic rings. The predicted molar refractivity (Wildman–Crippen MR) is 346 cm³/mol. The molecule has 3 amide bonds. The highest BCUT2D eigenvalue weighted by atomic mass is 19.3. The van der Waals surface area contributed by atoms with Crippen molar-refractivity contribution < 1.29 is 59.8 Å². The number of aromatic amines is 1. The van der Waals surface area contributed by atoms with E-state index in [-0.39, 0.29) is 85.5 Å². The van der Waals surface area contributed by atoms with Crippen LogP contribution < -0.4 is 15.1 Å². The molecule has 3 aromatic carbocycles. The van der Waals surface area contributed by atoms with E-state index < -0.39 is 54.5 Å². The summed E-state index contributed by atoms with van der Waals surface area (Å²) in [6.07, 6.45) is -5.85. The van der Waals surface area contributed by atoms with Crippen molar-refractivity contribution >= 4 is 80.5 Å². The fourth-order valence-corrected chi connectivity index (χ4v) is 10.0. The standard InChI is InChI=1S/C24H24F2N6O3.C23H22F2N6O3.C19H16F2N6O/c1-24(2,3)35-23(34)32-17(15-8-6-7-9-16(15)19(25)26)12-14-10-11-18(29-20(14)32)30(4)22(33)21-27-13-28-31(21)5;1-23(2,3)34-22(33)31-16(14-7-5-6-8-15(14)18(24)25)11-13-9-10-17(28-19(13)31)29-21(32)20-26-12-27-30(20)4;1-26(19(28)18-22-10-23-27(18)2)15-8-7-11-9-14(24-17(11)25-15)12-5-3-4-6-13(12)16(20)21/h6-13,19H,1-5H3;5-12,18H,1-4H3,(H,28,29,32);3-10,16H,1-2H3,(H,24,25).